The summed E-state index contributed by atoms with van der Waals surface area (Å²) in [6.07, 6.45) is 4.67. The molecule has 1 N–H and O–H groups in total. The number of carboxylic acids is 1. The van der Waals surface area contributed by atoms with Gasteiger partial charge < -0.3 is 10.0 Å². The summed E-state index contributed by atoms with van der Waals surface area (Å²) in [7, 11) is 0. The van der Waals surface area contributed by atoms with Crippen LogP contribution in [0, 0.1) is 0 Å². The number of carboxylic acid groups (broad SMARTS) is 1. The molecule has 0 aliphatic carbocycles. The molecule has 0 aromatic carbocycles. The lowest BCUT2D eigenvalue weighted by Gasteiger charge is -2.29. The number of pyridine rings is 1. The highest BCUT2D eigenvalue weighted by molar-refractivity contribution is 6.17. The third-order valence-electron chi connectivity index (χ3n) is 3.25. The first-order chi connectivity index (χ1) is 9.13. The average molecular weight is 283 g/mol. The second-order valence-electron chi connectivity index (χ2n) is 4.49. The van der Waals surface area contributed by atoms with Gasteiger partial charge >= 0.3 is 5.97 Å². The van der Waals surface area contributed by atoms with E-state index in [1.807, 2.05) is 0 Å². The van der Waals surface area contributed by atoms with E-state index in [2.05, 4.69) is 4.98 Å². The van der Waals surface area contributed by atoms with Gasteiger partial charge in [0.15, 0.2) is 0 Å². The van der Waals surface area contributed by atoms with Crippen LogP contribution < -0.4 is 0 Å². The highest BCUT2D eigenvalue weighted by Gasteiger charge is 2.24. The van der Waals surface area contributed by atoms with Crippen LogP contribution in [0.5, 0.6) is 0 Å². The minimum atomic E-state index is -0.966. The Hall–Kier alpha value is -1.62. The van der Waals surface area contributed by atoms with Crippen LogP contribution in [0.3, 0.4) is 0 Å². The minimum Gasteiger partial charge on any atom is -0.478 e. The zero-order valence-corrected chi connectivity index (χ0v) is 11.2. The van der Waals surface area contributed by atoms with Gasteiger partial charge in [-0.1, -0.05) is 0 Å². The third kappa shape index (κ3) is 3.04. The molecule has 102 valence electrons. The van der Waals surface area contributed by atoms with Gasteiger partial charge in [0, 0.05) is 37.8 Å². The predicted octanol–water partition coefficient (Wildman–Crippen LogP) is 1.68. The lowest BCUT2D eigenvalue weighted by atomic mass is 9.97. The number of aromatic nitrogens is 1. The van der Waals surface area contributed by atoms with Crippen LogP contribution in [0.25, 0.3) is 0 Å². The number of amides is 1. The van der Waals surface area contributed by atoms with Crippen molar-refractivity contribution in [2.45, 2.75) is 25.8 Å². The number of hydrogen-bond donors (Lipinski definition) is 1. The molecule has 0 spiro atoms. The van der Waals surface area contributed by atoms with E-state index in [1.165, 1.54) is 6.20 Å². The van der Waals surface area contributed by atoms with E-state index in [1.54, 1.807) is 11.1 Å². The number of carbonyl (C=O) groups is 2. The maximum Gasteiger partial charge on any atom is 0.337 e. The van der Waals surface area contributed by atoms with E-state index < -0.39 is 5.97 Å². The first kappa shape index (κ1) is 13.8. The third-order valence-corrected chi connectivity index (χ3v) is 3.51. The first-order valence-electron chi connectivity index (χ1n) is 6.16. The Morgan fingerprint density at radius 3 is 2.89 bits per heavy atom. The van der Waals surface area contributed by atoms with Gasteiger partial charge in [0.1, 0.15) is 0 Å². The van der Waals surface area contributed by atoms with Crippen LogP contribution >= 0.6 is 11.6 Å². The molecule has 1 aromatic rings. The summed E-state index contributed by atoms with van der Waals surface area (Å²) in [5, 5.41) is 9.10. The maximum atomic E-state index is 11.9. The fraction of sp³-hybridized carbons (Fsp3) is 0.462. The number of fused-ring (bicyclic) bond motifs is 1. The van der Waals surface area contributed by atoms with Crippen LogP contribution in [0.2, 0.25) is 0 Å². The van der Waals surface area contributed by atoms with Crippen molar-refractivity contribution < 1.29 is 14.7 Å². The lowest BCUT2D eigenvalue weighted by Crippen LogP contribution is -2.36. The Morgan fingerprint density at radius 1 is 1.42 bits per heavy atom. The minimum absolute atomic E-state index is 0.0621. The normalized spacial score (nSPS) is 14.1. The standard InChI is InChI=1S/C13H15ClN2O3/c14-4-1-2-12(17)16-5-3-10-9(8-16)6-15-7-11(10)13(18)19/h6-7H,1-5,8H2,(H,18,19). The number of alkyl halides is 1. The number of rotatable bonds is 4. The predicted molar refractivity (Wildman–Crippen MR) is 70.3 cm³/mol. The molecule has 0 atom stereocenters. The molecule has 0 unspecified atom stereocenters. The van der Waals surface area contributed by atoms with Crippen molar-refractivity contribution in [1.82, 2.24) is 9.88 Å². The Balaban J connectivity index is 2.14. The number of nitrogens with zero attached hydrogens (tertiary/aromatic N) is 2. The Kier molecular flexibility index (Phi) is 4.37. The average Bonchev–Trinajstić information content (AvgIpc) is 2.43. The molecule has 5 nitrogen and oxygen atoms in total. The Morgan fingerprint density at radius 2 is 2.21 bits per heavy atom. The fourth-order valence-electron chi connectivity index (χ4n) is 2.27. The number of aromatic carboxylic acids is 1. The van der Waals surface area contributed by atoms with Crippen molar-refractivity contribution in [3.8, 4) is 0 Å². The zero-order valence-electron chi connectivity index (χ0n) is 10.4. The van der Waals surface area contributed by atoms with E-state index in [4.69, 9.17) is 16.7 Å². The van der Waals surface area contributed by atoms with E-state index in [0.29, 0.717) is 38.2 Å². The molecule has 0 saturated heterocycles. The summed E-state index contributed by atoms with van der Waals surface area (Å²) in [5.74, 6) is -0.431. The molecule has 0 radical (unpaired) electrons. The molecular formula is C13H15ClN2O3. The van der Waals surface area contributed by atoms with Crippen LogP contribution in [-0.4, -0.2) is 39.3 Å². The second-order valence-corrected chi connectivity index (χ2v) is 4.87. The van der Waals surface area contributed by atoms with Gasteiger partial charge in [-0.2, -0.15) is 0 Å². The van der Waals surface area contributed by atoms with Gasteiger partial charge in [-0.05, 0) is 24.0 Å². The van der Waals surface area contributed by atoms with Crippen molar-refractivity contribution in [1.29, 1.82) is 0 Å². The molecule has 1 aliphatic rings. The molecule has 0 bridgehead atoms. The maximum absolute atomic E-state index is 11.9. The van der Waals surface area contributed by atoms with Crippen LogP contribution in [0.4, 0.5) is 0 Å². The molecule has 0 saturated carbocycles. The SMILES string of the molecule is O=C(O)c1cncc2c1CCN(C(=O)CCCCl)C2. The molecular weight excluding hydrogens is 268 g/mol. The number of hydrogen-bond acceptors (Lipinski definition) is 3. The van der Waals surface area contributed by atoms with Crippen molar-refractivity contribution in [2.24, 2.45) is 0 Å². The molecule has 1 aliphatic heterocycles. The summed E-state index contributed by atoms with van der Waals surface area (Å²) in [6, 6.07) is 0. The number of halogens is 1. The highest BCUT2D eigenvalue weighted by Crippen LogP contribution is 2.22. The van der Waals surface area contributed by atoms with E-state index >= 15 is 0 Å². The molecule has 19 heavy (non-hydrogen) atoms. The smallest absolute Gasteiger partial charge is 0.337 e. The summed E-state index contributed by atoms with van der Waals surface area (Å²) in [6.45, 7) is 0.989. The van der Waals surface area contributed by atoms with Crippen molar-refractivity contribution in [3.05, 3.63) is 29.1 Å². The van der Waals surface area contributed by atoms with E-state index in [-0.39, 0.29) is 11.5 Å². The van der Waals surface area contributed by atoms with Crippen LogP contribution in [0.1, 0.15) is 34.3 Å². The molecule has 2 heterocycles. The van der Waals surface area contributed by atoms with Crippen LogP contribution in [0.15, 0.2) is 12.4 Å². The molecule has 1 amide bonds. The monoisotopic (exact) mass is 282 g/mol. The molecule has 2 rings (SSSR count). The summed E-state index contributed by atoms with van der Waals surface area (Å²) in [5.41, 5.74) is 1.86. The second kappa shape index (κ2) is 6.02. The fourth-order valence-corrected chi connectivity index (χ4v) is 2.40. The van der Waals surface area contributed by atoms with Gasteiger partial charge in [-0.15, -0.1) is 11.6 Å². The van der Waals surface area contributed by atoms with Gasteiger partial charge in [0.05, 0.1) is 5.56 Å². The van der Waals surface area contributed by atoms with Gasteiger partial charge in [0.2, 0.25) is 5.91 Å². The van der Waals surface area contributed by atoms with Crippen LogP contribution in [-0.2, 0) is 17.8 Å². The quantitative estimate of drug-likeness (QED) is 0.853. The van der Waals surface area contributed by atoms with Gasteiger partial charge in [-0.25, -0.2) is 4.79 Å². The van der Waals surface area contributed by atoms with Crippen molar-refractivity contribution >= 4 is 23.5 Å². The topological polar surface area (TPSA) is 70.5 Å². The van der Waals surface area contributed by atoms with Crippen molar-refractivity contribution in [2.75, 3.05) is 12.4 Å². The molecule has 0 fully saturated rings. The summed E-state index contributed by atoms with van der Waals surface area (Å²) >= 11 is 5.58. The summed E-state index contributed by atoms with van der Waals surface area (Å²) < 4.78 is 0. The Bertz CT molecular complexity index is 505. The number of carbonyl (C=O) groups excluding carboxylic acids is 1. The summed E-state index contributed by atoms with van der Waals surface area (Å²) in [4.78, 5) is 28.7. The zero-order chi connectivity index (χ0) is 13.8. The van der Waals surface area contributed by atoms with Crippen molar-refractivity contribution in [3.63, 3.8) is 0 Å². The Labute approximate surface area is 116 Å². The largest absolute Gasteiger partial charge is 0.478 e. The van der Waals surface area contributed by atoms with E-state index in [9.17, 15) is 9.59 Å². The molecule has 1 aromatic heterocycles. The van der Waals surface area contributed by atoms with E-state index in [0.717, 1.165) is 11.1 Å². The molecule has 6 heteroatoms. The highest BCUT2D eigenvalue weighted by atomic mass is 35.5. The van der Waals surface area contributed by atoms with Gasteiger partial charge in [-0.3, -0.25) is 9.78 Å². The first-order valence-corrected chi connectivity index (χ1v) is 6.69. The lowest BCUT2D eigenvalue weighted by molar-refractivity contribution is -0.132. The van der Waals surface area contributed by atoms with Gasteiger partial charge in [0.25, 0.3) is 0 Å².